The summed E-state index contributed by atoms with van der Waals surface area (Å²) in [7, 11) is 0. The number of nitrogens with two attached hydrogens (primary N) is 1. The second-order valence-corrected chi connectivity index (χ2v) is 6.90. The Morgan fingerprint density at radius 2 is 1.58 bits per heavy atom. The minimum absolute atomic E-state index is 0.325. The van der Waals surface area contributed by atoms with Gasteiger partial charge in [0.1, 0.15) is 0 Å². The van der Waals surface area contributed by atoms with E-state index in [0.717, 1.165) is 26.2 Å². The molecule has 2 aromatic rings. The van der Waals surface area contributed by atoms with Gasteiger partial charge in [-0.15, -0.1) is 0 Å². The molecule has 0 aliphatic carbocycles. The van der Waals surface area contributed by atoms with Crippen molar-refractivity contribution in [3.05, 3.63) is 64.7 Å². The average molecular weight is 323 g/mol. The van der Waals surface area contributed by atoms with Gasteiger partial charge in [-0.3, -0.25) is 4.90 Å². The third-order valence-electron chi connectivity index (χ3n) is 5.36. The van der Waals surface area contributed by atoms with Gasteiger partial charge in [-0.2, -0.15) is 0 Å². The Morgan fingerprint density at radius 1 is 0.917 bits per heavy atom. The summed E-state index contributed by atoms with van der Waals surface area (Å²) in [6.45, 7) is 11.5. The molecule has 1 aliphatic heterocycles. The lowest BCUT2D eigenvalue weighted by Gasteiger charge is -2.40. The molecule has 1 fully saturated rings. The van der Waals surface area contributed by atoms with Gasteiger partial charge in [-0.05, 0) is 43.5 Å². The van der Waals surface area contributed by atoms with E-state index in [2.05, 4.69) is 73.0 Å². The van der Waals surface area contributed by atoms with Gasteiger partial charge in [-0.25, -0.2) is 0 Å². The van der Waals surface area contributed by atoms with Crippen LogP contribution in [0.4, 0.5) is 5.69 Å². The van der Waals surface area contributed by atoms with Crippen LogP contribution in [0.2, 0.25) is 0 Å². The number of nitrogens with zero attached hydrogens (tertiary/aromatic N) is 2. The summed E-state index contributed by atoms with van der Waals surface area (Å²) in [4.78, 5) is 5.05. The van der Waals surface area contributed by atoms with Crippen LogP contribution in [-0.2, 0) is 0 Å². The largest absolute Gasteiger partial charge is 0.369 e. The Kier molecular flexibility index (Phi) is 5.22. The van der Waals surface area contributed by atoms with Crippen LogP contribution in [-0.4, -0.2) is 37.6 Å². The molecule has 2 N–H and O–H groups in total. The van der Waals surface area contributed by atoms with E-state index in [1.165, 1.54) is 27.9 Å². The van der Waals surface area contributed by atoms with Crippen LogP contribution in [0.3, 0.4) is 0 Å². The normalized spacial score (nSPS) is 17.1. The molecule has 3 heteroatoms. The predicted octanol–water partition coefficient (Wildman–Crippen LogP) is 3.43. The Labute approximate surface area is 146 Å². The van der Waals surface area contributed by atoms with Crippen molar-refractivity contribution in [2.75, 3.05) is 37.6 Å². The average Bonchev–Trinajstić information content (AvgIpc) is 2.60. The lowest BCUT2D eigenvalue weighted by molar-refractivity contribution is 0.190. The zero-order valence-electron chi connectivity index (χ0n) is 15.1. The number of benzene rings is 2. The summed E-state index contributed by atoms with van der Waals surface area (Å²) in [5.74, 6) is 0. The van der Waals surface area contributed by atoms with Crippen molar-refractivity contribution in [2.45, 2.75) is 26.8 Å². The first-order chi connectivity index (χ1) is 11.6. The Morgan fingerprint density at radius 3 is 2.21 bits per heavy atom. The van der Waals surface area contributed by atoms with Crippen LogP contribution in [0.15, 0.2) is 42.5 Å². The van der Waals surface area contributed by atoms with Crippen LogP contribution in [0, 0.1) is 20.8 Å². The molecular weight excluding hydrogens is 294 g/mol. The molecule has 24 heavy (non-hydrogen) atoms. The van der Waals surface area contributed by atoms with Gasteiger partial charge in [0.2, 0.25) is 0 Å². The van der Waals surface area contributed by atoms with Crippen molar-refractivity contribution in [3.8, 4) is 0 Å². The molecule has 1 atom stereocenters. The molecule has 128 valence electrons. The summed E-state index contributed by atoms with van der Waals surface area (Å²) < 4.78 is 0. The van der Waals surface area contributed by atoms with Gasteiger partial charge in [0, 0.05) is 44.5 Å². The molecule has 1 aliphatic rings. The smallest absolute Gasteiger partial charge is 0.0471 e. The SMILES string of the molecule is Cc1ccc(C(CN)N2CCN(c3cccc(C)c3C)CC2)cc1. The fourth-order valence-electron chi connectivity index (χ4n) is 3.64. The molecule has 0 spiro atoms. The maximum Gasteiger partial charge on any atom is 0.0471 e. The van der Waals surface area contributed by atoms with Crippen LogP contribution < -0.4 is 10.6 Å². The van der Waals surface area contributed by atoms with Gasteiger partial charge in [0.25, 0.3) is 0 Å². The van der Waals surface area contributed by atoms with Crippen LogP contribution in [0.5, 0.6) is 0 Å². The highest BCUT2D eigenvalue weighted by atomic mass is 15.3. The molecule has 3 nitrogen and oxygen atoms in total. The molecular formula is C21H29N3. The number of hydrogen-bond donors (Lipinski definition) is 1. The lowest BCUT2D eigenvalue weighted by atomic mass is 10.0. The number of rotatable bonds is 4. The molecule has 2 aromatic carbocycles. The van der Waals surface area contributed by atoms with Gasteiger partial charge < -0.3 is 10.6 Å². The number of piperazine rings is 1. The maximum atomic E-state index is 6.11. The minimum Gasteiger partial charge on any atom is -0.369 e. The van der Waals surface area contributed by atoms with E-state index in [9.17, 15) is 0 Å². The fourth-order valence-corrected chi connectivity index (χ4v) is 3.64. The Hall–Kier alpha value is -1.84. The van der Waals surface area contributed by atoms with Crippen molar-refractivity contribution in [1.29, 1.82) is 0 Å². The monoisotopic (exact) mass is 323 g/mol. The minimum atomic E-state index is 0.325. The maximum absolute atomic E-state index is 6.11. The van der Waals surface area contributed by atoms with E-state index < -0.39 is 0 Å². The van der Waals surface area contributed by atoms with Crippen LogP contribution in [0.25, 0.3) is 0 Å². The van der Waals surface area contributed by atoms with Crippen LogP contribution >= 0.6 is 0 Å². The fraction of sp³-hybridized carbons (Fsp3) is 0.429. The van der Waals surface area contributed by atoms with Crippen molar-refractivity contribution < 1.29 is 0 Å². The van der Waals surface area contributed by atoms with Crippen molar-refractivity contribution in [2.24, 2.45) is 5.73 Å². The molecule has 0 saturated carbocycles. The van der Waals surface area contributed by atoms with E-state index in [-0.39, 0.29) is 0 Å². The third kappa shape index (κ3) is 3.47. The first-order valence-corrected chi connectivity index (χ1v) is 8.92. The van der Waals surface area contributed by atoms with Crippen LogP contribution in [0.1, 0.15) is 28.3 Å². The summed E-state index contributed by atoms with van der Waals surface area (Å²) in [5, 5.41) is 0. The van der Waals surface area contributed by atoms with Gasteiger partial charge in [0.15, 0.2) is 0 Å². The second-order valence-electron chi connectivity index (χ2n) is 6.90. The van der Waals surface area contributed by atoms with Crippen molar-refractivity contribution in [1.82, 2.24) is 4.90 Å². The molecule has 1 heterocycles. The lowest BCUT2D eigenvalue weighted by Crippen LogP contribution is -2.49. The van der Waals surface area contributed by atoms with Gasteiger partial charge in [0.05, 0.1) is 0 Å². The first-order valence-electron chi connectivity index (χ1n) is 8.92. The molecule has 1 unspecified atom stereocenters. The highest BCUT2D eigenvalue weighted by molar-refractivity contribution is 5.56. The summed E-state index contributed by atoms with van der Waals surface area (Å²) in [6.07, 6.45) is 0. The van der Waals surface area contributed by atoms with Crippen molar-refractivity contribution >= 4 is 5.69 Å². The third-order valence-corrected chi connectivity index (χ3v) is 5.36. The summed E-state index contributed by atoms with van der Waals surface area (Å²) in [5.41, 5.74) is 12.9. The van der Waals surface area contributed by atoms with Gasteiger partial charge in [-0.1, -0.05) is 42.0 Å². The Balaban J connectivity index is 1.69. The zero-order valence-corrected chi connectivity index (χ0v) is 15.1. The van der Waals surface area contributed by atoms with Gasteiger partial charge >= 0.3 is 0 Å². The molecule has 0 radical (unpaired) electrons. The molecule has 0 aromatic heterocycles. The predicted molar refractivity (Wildman–Crippen MR) is 103 cm³/mol. The first kappa shape index (κ1) is 17.0. The van der Waals surface area contributed by atoms with E-state index in [0.29, 0.717) is 12.6 Å². The number of hydrogen-bond acceptors (Lipinski definition) is 3. The molecule has 0 bridgehead atoms. The number of anilines is 1. The Bertz CT molecular complexity index is 670. The second kappa shape index (κ2) is 7.37. The summed E-state index contributed by atoms with van der Waals surface area (Å²) >= 11 is 0. The molecule has 0 amide bonds. The van der Waals surface area contributed by atoms with E-state index in [1.54, 1.807) is 0 Å². The highest BCUT2D eigenvalue weighted by Crippen LogP contribution is 2.27. The van der Waals surface area contributed by atoms with E-state index in [4.69, 9.17) is 5.73 Å². The van der Waals surface area contributed by atoms with E-state index >= 15 is 0 Å². The highest BCUT2D eigenvalue weighted by Gasteiger charge is 2.24. The van der Waals surface area contributed by atoms with E-state index in [1.807, 2.05) is 0 Å². The number of aryl methyl sites for hydroxylation is 2. The molecule has 3 rings (SSSR count). The zero-order chi connectivity index (χ0) is 17.1. The standard InChI is InChI=1S/C21H29N3/c1-16-7-9-19(10-8-16)21(15-22)24-13-11-23(12-14-24)20-6-4-5-17(2)18(20)3/h4-10,21H,11-15,22H2,1-3H3. The quantitative estimate of drug-likeness (QED) is 0.935. The topological polar surface area (TPSA) is 32.5 Å². The summed E-state index contributed by atoms with van der Waals surface area (Å²) in [6, 6.07) is 15.8. The van der Waals surface area contributed by atoms with Crippen molar-refractivity contribution in [3.63, 3.8) is 0 Å². The molecule has 1 saturated heterocycles.